The Morgan fingerprint density at radius 2 is 2.12 bits per heavy atom. The molecular weight excluding hydrogens is 202 g/mol. The van der Waals surface area contributed by atoms with Gasteiger partial charge in [-0.25, -0.2) is 0 Å². The van der Waals surface area contributed by atoms with E-state index in [1.165, 1.54) is 0 Å². The maximum atomic E-state index is 9.39. The van der Waals surface area contributed by atoms with E-state index in [1.807, 2.05) is 30.3 Å². The van der Waals surface area contributed by atoms with Crippen molar-refractivity contribution in [2.45, 2.75) is 38.0 Å². The van der Waals surface area contributed by atoms with E-state index in [4.69, 9.17) is 4.74 Å². The Balaban J connectivity index is 1.96. The van der Waals surface area contributed by atoms with Gasteiger partial charge in [0, 0.05) is 5.69 Å². The zero-order valence-electron chi connectivity index (χ0n) is 9.60. The number of anilines is 1. The van der Waals surface area contributed by atoms with Gasteiger partial charge in [-0.2, -0.15) is 0 Å². The number of ether oxygens (including phenoxy) is 1. The van der Waals surface area contributed by atoms with E-state index in [-0.39, 0.29) is 18.8 Å². The Kier molecular flexibility index (Phi) is 3.80. The van der Waals surface area contributed by atoms with Gasteiger partial charge in [0.05, 0.1) is 24.9 Å². The maximum Gasteiger partial charge on any atom is 0.0803 e. The third kappa shape index (κ3) is 2.74. The fourth-order valence-corrected chi connectivity index (χ4v) is 2.13. The van der Waals surface area contributed by atoms with Gasteiger partial charge in [-0.3, -0.25) is 0 Å². The van der Waals surface area contributed by atoms with Crippen LogP contribution in [-0.2, 0) is 4.74 Å². The Bertz CT molecular complexity index is 315. The predicted octanol–water partition coefficient (Wildman–Crippen LogP) is 2.03. The lowest BCUT2D eigenvalue weighted by Crippen LogP contribution is -2.36. The van der Waals surface area contributed by atoms with Crippen LogP contribution in [-0.4, -0.2) is 30.0 Å². The van der Waals surface area contributed by atoms with Crippen LogP contribution < -0.4 is 5.32 Å². The zero-order valence-corrected chi connectivity index (χ0v) is 9.60. The van der Waals surface area contributed by atoms with Crippen molar-refractivity contribution in [3.05, 3.63) is 30.3 Å². The van der Waals surface area contributed by atoms with Crippen molar-refractivity contribution < 1.29 is 9.84 Å². The first-order valence-electron chi connectivity index (χ1n) is 5.87. The maximum absolute atomic E-state index is 9.39. The second kappa shape index (κ2) is 5.32. The van der Waals surface area contributed by atoms with Crippen molar-refractivity contribution in [2.24, 2.45) is 0 Å². The molecule has 3 atom stereocenters. The van der Waals surface area contributed by atoms with Crippen LogP contribution in [0.15, 0.2) is 30.3 Å². The van der Waals surface area contributed by atoms with E-state index in [1.54, 1.807) is 0 Å². The normalized spacial score (nSPS) is 26.6. The Morgan fingerprint density at radius 1 is 1.38 bits per heavy atom. The third-order valence-electron chi connectivity index (χ3n) is 3.04. The third-order valence-corrected chi connectivity index (χ3v) is 3.04. The minimum atomic E-state index is -0.00708. The average molecular weight is 221 g/mol. The SMILES string of the molecule is CC1CCC(C(CO)Nc2ccccc2)O1. The van der Waals surface area contributed by atoms with Gasteiger partial charge < -0.3 is 15.2 Å². The lowest BCUT2D eigenvalue weighted by molar-refractivity contribution is 0.0324. The van der Waals surface area contributed by atoms with Crippen LogP contribution in [0, 0.1) is 0 Å². The molecule has 3 unspecified atom stereocenters. The highest BCUT2D eigenvalue weighted by molar-refractivity contribution is 5.43. The highest BCUT2D eigenvalue weighted by Crippen LogP contribution is 2.23. The molecule has 3 nitrogen and oxygen atoms in total. The van der Waals surface area contributed by atoms with Crippen LogP contribution in [0.2, 0.25) is 0 Å². The summed E-state index contributed by atoms with van der Waals surface area (Å²) in [6.45, 7) is 2.18. The van der Waals surface area contributed by atoms with Crippen LogP contribution in [0.5, 0.6) is 0 Å². The van der Waals surface area contributed by atoms with Crippen molar-refractivity contribution in [3.63, 3.8) is 0 Å². The molecule has 0 bridgehead atoms. The van der Waals surface area contributed by atoms with Gasteiger partial charge in [-0.1, -0.05) is 18.2 Å². The van der Waals surface area contributed by atoms with E-state index in [0.29, 0.717) is 6.10 Å². The molecule has 0 amide bonds. The zero-order chi connectivity index (χ0) is 11.4. The molecule has 1 aliphatic heterocycles. The fraction of sp³-hybridized carbons (Fsp3) is 0.538. The predicted molar refractivity (Wildman–Crippen MR) is 64.5 cm³/mol. The highest BCUT2D eigenvalue weighted by Gasteiger charge is 2.29. The number of hydrogen-bond acceptors (Lipinski definition) is 3. The molecule has 88 valence electrons. The summed E-state index contributed by atoms with van der Waals surface area (Å²) in [4.78, 5) is 0. The number of rotatable bonds is 4. The molecule has 1 heterocycles. The van der Waals surface area contributed by atoms with E-state index in [9.17, 15) is 5.11 Å². The van der Waals surface area contributed by atoms with Gasteiger partial charge in [0.2, 0.25) is 0 Å². The molecule has 0 saturated carbocycles. The standard InChI is InChI=1S/C13H19NO2/c1-10-7-8-13(16-10)12(9-15)14-11-5-3-2-4-6-11/h2-6,10,12-15H,7-9H2,1H3. The van der Waals surface area contributed by atoms with Gasteiger partial charge >= 0.3 is 0 Å². The number of benzene rings is 1. The molecule has 0 spiro atoms. The second-order valence-corrected chi connectivity index (χ2v) is 4.36. The Hall–Kier alpha value is -1.06. The summed E-state index contributed by atoms with van der Waals surface area (Å²) in [7, 11) is 0. The van der Waals surface area contributed by atoms with Crippen LogP contribution in [0.25, 0.3) is 0 Å². The van der Waals surface area contributed by atoms with Gasteiger partial charge in [0.1, 0.15) is 0 Å². The Labute approximate surface area is 96.4 Å². The van der Waals surface area contributed by atoms with Crippen LogP contribution >= 0.6 is 0 Å². The molecule has 3 heteroatoms. The molecule has 1 aliphatic rings. The van der Waals surface area contributed by atoms with Gasteiger partial charge in [0.25, 0.3) is 0 Å². The number of aliphatic hydroxyl groups excluding tert-OH is 1. The summed E-state index contributed by atoms with van der Waals surface area (Å²) >= 11 is 0. The molecule has 1 fully saturated rings. The molecule has 1 aromatic carbocycles. The molecule has 0 aromatic heterocycles. The molecule has 16 heavy (non-hydrogen) atoms. The molecule has 2 N–H and O–H groups in total. The van der Waals surface area contributed by atoms with Crippen molar-refractivity contribution in [1.29, 1.82) is 0 Å². The van der Waals surface area contributed by atoms with Crippen LogP contribution in [0.4, 0.5) is 5.69 Å². The number of nitrogens with one attached hydrogen (secondary N) is 1. The van der Waals surface area contributed by atoms with Crippen LogP contribution in [0.3, 0.4) is 0 Å². The summed E-state index contributed by atoms with van der Waals surface area (Å²) in [5.41, 5.74) is 1.03. The molecule has 1 aromatic rings. The summed E-state index contributed by atoms with van der Waals surface area (Å²) in [6, 6.07) is 9.94. The molecule has 1 saturated heterocycles. The lowest BCUT2D eigenvalue weighted by atomic mass is 10.1. The van der Waals surface area contributed by atoms with Gasteiger partial charge in [-0.15, -0.1) is 0 Å². The minimum Gasteiger partial charge on any atom is -0.394 e. The number of para-hydroxylation sites is 1. The number of hydrogen-bond donors (Lipinski definition) is 2. The first kappa shape index (κ1) is 11.4. The average Bonchev–Trinajstić information content (AvgIpc) is 2.74. The van der Waals surface area contributed by atoms with E-state index in [0.717, 1.165) is 18.5 Å². The molecular formula is C13H19NO2. The van der Waals surface area contributed by atoms with Crippen molar-refractivity contribution >= 4 is 5.69 Å². The second-order valence-electron chi connectivity index (χ2n) is 4.36. The van der Waals surface area contributed by atoms with Gasteiger partial charge in [0.15, 0.2) is 0 Å². The first-order valence-corrected chi connectivity index (χ1v) is 5.87. The summed E-state index contributed by atoms with van der Waals surface area (Å²) in [5, 5.41) is 12.7. The van der Waals surface area contributed by atoms with E-state index >= 15 is 0 Å². The largest absolute Gasteiger partial charge is 0.394 e. The first-order chi connectivity index (χ1) is 7.79. The summed E-state index contributed by atoms with van der Waals surface area (Å²) in [5.74, 6) is 0. The summed E-state index contributed by atoms with van der Waals surface area (Å²) < 4.78 is 5.76. The quantitative estimate of drug-likeness (QED) is 0.817. The smallest absolute Gasteiger partial charge is 0.0803 e. The van der Waals surface area contributed by atoms with E-state index < -0.39 is 0 Å². The van der Waals surface area contributed by atoms with E-state index in [2.05, 4.69) is 12.2 Å². The Morgan fingerprint density at radius 3 is 2.69 bits per heavy atom. The van der Waals surface area contributed by atoms with Gasteiger partial charge in [-0.05, 0) is 31.9 Å². The number of aliphatic hydroxyl groups is 1. The molecule has 0 radical (unpaired) electrons. The monoisotopic (exact) mass is 221 g/mol. The van der Waals surface area contributed by atoms with Crippen LogP contribution in [0.1, 0.15) is 19.8 Å². The summed E-state index contributed by atoms with van der Waals surface area (Å²) in [6.07, 6.45) is 2.54. The van der Waals surface area contributed by atoms with Crippen molar-refractivity contribution in [2.75, 3.05) is 11.9 Å². The highest BCUT2D eigenvalue weighted by atomic mass is 16.5. The lowest BCUT2D eigenvalue weighted by Gasteiger charge is -2.23. The fourth-order valence-electron chi connectivity index (χ4n) is 2.13. The molecule has 0 aliphatic carbocycles. The topological polar surface area (TPSA) is 41.5 Å². The minimum absolute atomic E-state index is 0.00708. The van der Waals surface area contributed by atoms with Crippen molar-refractivity contribution in [1.82, 2.24) is 0 Å². The molecule has 2 rings (SSSR count). The van der Waals surface area contributed by atoms with Crippen molar-refractivity contribution in [3.8, 4) is 0 Å².